The lowest BCUT2D eigenvalue weighted by molar-refractivity contribution is 0.0704. The number of aromatic nitrogens is 6. The van der Waals surface area contributed by atoms with Crippen LogP contribution in [0.25, 0.3) is 11.5 Å². The average Bonchev–Trinajstić information content (AvgIpc) is 3.29. The fourth-order valence-corrected chi connectivity index (χ4v) is 4.55. The van der Waals surface area contributed by atoms with Crippen molar-refractivity contribution in [2.45, 2.75) is 37.2 Å². The molecule has 4 rings (SSSR count). The van der Waals surface area contributed by atoms with Crippen LogP contribution in [0.4, 0.5) is 5.95 Å². The van der Waals surface area contributed by atoms with Gasteiger partial charge in [-0.1, -0.05) is 17.7 Å². The van der Waals surface area contributed by atoms with Crippen LogP contribution in [0, 0.1) is 0 Å². The maximum absolute atomic E-state index is 5.92. The highest BCUT2D eigenvalue weighted by molar-refractivity contribution is 8.01. The minimum absolute atomic E-state index is 0.0330. The molecule has 0 bridgehead atoms. The molecule has 2 atom stereocenters. The van der Waals surface area contributed by atoms with E-state index in [0.717, 1.165) is 12.8 Å². The molecule has 0 amide bonds. The van der Waals surface area contributed by atoms with E-state index < -0.39 is 0 Å². The van der Waals surface area contributed by atoms with Crippen LogP contribution in [0.3, 0.4) is 0 Å². The summed E-state index contributed by atoms with van der Waals surface area (Å²) in [6.07, 6.45) is 4.52. The first kappa shape index (κ1) is 23.7. The van der Waals surface area contributed by atoms with Gasteiger partial charge in [-0.15, -0.1) is 10.2 Å². The predicted molar refractivity (Wildman–Crippen MR) is 126 cm³/mol. The topological polar surface area (TPSA) is 109 Å². The normalized spacial score (nSPS) is 16.4. The number of hydrogen-bond acceptors (Lipinski definition) is 10. The van der Waals surface area contributed by atoms with Gasteiger partial charge in [-0.05, 0) is 37.8 Å². The molecule has 1 fully saturated rings. The number of anilines is 1. The lowest BCUT2D eigenvalue weighted by Crippen LogP contribution is -2.22. The lowest BCUT2D eigenvalue weighted by atomic mass is 10.1. The molecule has 3 aromatic heterocycles. The van der Waals surface area contributed by atoms with Crippen LogP contribution in [0.15, 0.2) is 30.6 Å². The van der Waals surface area contributed by atoms with Crippen LogP contribution in [0.5, 0.6) is 5.88 Å². The standard InChI is InChI=1S/C21H26ClN7O3S/c1-13(18(31-3)19-23-11-14(22)12-24-19)33-28-21-27-26-20(16-5-4-6-17(25-16)30-2)29(21)15-7-9-32-10-8-15/h4-6,11-13,15,18H,7-10H2,1-3H3,(H,27,28). The van der Waals surface area contributed by atoms with E-state index in [1.807, 2.05) is 19.1 Å². The van der Waals surface area contributed by atoms with Crippen LogP contribution < -0.4 is 9.46 Å². The molecule has 1 aliphatic heterocycles. The molecule has 0 radical (unpaired) electrons. The molecule has 0 saturated carbocycles. The van der Waals surface area contributed by atoms with Gasteiger partial charge in [0.05, 0.1) is 17.4 Å². The smallest absolute Gasteiger partial charge is 0.235 e. The second kappa shape index (κ2) is 11.1. The Kier molecular flexibility index (Phi) is 7.97. The first-order valence-corrected chi connectivity index (χ1v) is 11.8. The third-order valence-corrected chi connectivity index (χ3v) is 6.44. The highest BCUT2D eigenvalue weighted by Gasteiger charge is 2.27. The van der Waals surface area contributed by atoms with Crippen LogP contribution in [-0.2, 0) is 9.47 Å². The van der Waals surface area contributed by atoms with Crippen molar-refractivity contribution >= 4 is 29.5 Å². The molecule has 2 unspecified atom stereocenters. The Morgan fingerprint density at radius 2 is 1.94 bits per heavy atom. The Morgan fingerprint density at radius 1 is 1.18 bits per heavy atom. The zero-order chi connectivity index (χ0) is 23.2. The van der Waals surface area contributed by atoms with E-state index in [2.05, 4.69) is 34.4 Å². The molecule has 12 heteroatoms. The van der Waals surface area contributed by atoms with Crippen molar-refractivity contribution in [3.8, 4) is 17.4 Å². The molecule has 1 saturated heterocycles. The number of methoxy groups -OCH3 is 2. The second-order valence-electron chi connectivity index (χ2n) is 7.47. The summed E-state index contributed by atoms with van der Waals surface area (Å²) in [5.74, 6) is 2.42. The van der Waals surface area contributed by atoms with Gasteiger partial charge in [0.25, 0.3) is 0 Å². The molecule has 0 spiro atoms. The van der Waals surface area contributed by atoms with E-state index in [1.54, 1.807) is 32.7 Å². The van der Waals surface area contributed by atoms with Crippen molar-refractivity contribution in [3.63, 3.8) is 0 Å². The first-order chi connectivity index (χ1) is 16.1. The minimum Gasteiger partial charge on any atom is -0.481 e. The molecular formula is C21H26ClN7O3S. The number of rotatable bonds is 9. The Labute approximate surface area is 201 Å². The number of nitrogens with zero attached hydrogens (tertiary/aromatic N) is 6. The summed E-state index contributed by atoms with van der Waals surface area (Å²) in [6.45, 7) is 3.41. The van der Waals surface area contributed by atoms with Gasteiger partial charge < -0.3 is 14.2 Å². The fraction of sp³-hybridized carbons (Fsp3) is 0.476. The van der Waals surface area contributed by atoms with Crippen LogP contribution in [-0.4, -0.2) is 62.4 Å². The molecule has 4 heterocycles. The lowest BCUT2D eigenvalue weighted by Gasteiger charge is -2.26. The van der Waals surface area contributed by atoms with E-state index in [9.17, 15) is 0 Å². The maximum atomic E-state index is 5.92. The van der Waals surface area contributed by atoms with Gasteiger partial charge in [-0.3, -0.25) is 9.29 Å². The van der Waals surface area contributed by atoms with Crippen molar-refractivity contribution in [1.29, 1.82) is 0 Å². The van der Waals surface area contributed by atoms with Crippen molar-refractivity contribution < 1.29 is 14.2 Å². The van der Waals surface area contributed by atoms with Gasteiger partial charge in [0.15, 0.2) is 11.6 Å². The maximum Gasteiger partial charge on any atom is 0.235 e. The predicted octanol–water partition coefficient (Wildman–Crippen LogP) is 3.98. The molecule has 0 aromatic carbocycles. The summed E-state index contributed by atoms with van der Waals surface area (Å²) in [4.78, 5) is 13.2. The van der Waals surface area contributed by atoms with Crippen molar-refractivity contribution in [2.75, 3.05) is 32.2 Å². The minimum atomic E-state index is -0.334. The summed E-state index contributed by atoms with van der Waals surface area (Å²) in [5.41, 5.74) is 0.698. The van der Waals surface area contributed by atoms with E-state index in [1.165, 1.54) is 11.9 Å². The van der Waals surface area contributed by atoms with Crippen LogP contribution in [0.2, 0.25) is 5.02 Å². The zero-order valence-electron chi connectivity index (χ0n) is 18.6. The number of pyridine rings is 1. The molecule has 0 aliphatic carbocycles. The second-order valence-corrected chi connectivity index (χ2v) is 9.09. The number of nitrogens with one attached hydrogen (secondary N) is 1. The van der Waals surface area contributed by atoms with Crippen LogP contribution in [0.1, 0.15) is 37.7 Å². The quantitative estimate of drug-likeness (QED) is 0.441. The van der Waals surface area contributed by atoms with Crippen molar-refractivity contribution in [3.05, 3.63) is 41.4 Å². The first-order valence-electron chi connectivity index (χ1n) is 10.6. The number of halogens is 1. The molecule has 3 aromatic rings. The molecule has 1 N–H and O–H groups in total. The van der Waals surface area contributed by atoms with E-state index in [-0.39, 0.29) is 17.4 Å². The summed E-state index contributed by atoms with van der Waals surface area (Å²) in [6, 6.07) is 5.79. The van der Waals surface area contributed by atoms with Crippen molar-refractivity contribution in [2.24, 2.45) is 0 Å². The summed E-state index contributed by atoms with van der Waals surface area (Å²) in [5, 5.41) is 9.34. The molecule has 1 aliphatic rings. The molecule has 33 heavy (non-hydrogen) atoms. The van der Waals surface area contributed by atoms with Gasteiger partial charge in [-0.2, -0.15) is 0 Å². The molecule has 176 valence electrons. The number of ether oxygens (including phenoxy) is 3. The fourth-order valence-electron chi connectivity index (χ4n) is 3.66. The highest BCUT2D eigenvalue weighted by atomic mass is 35.5. The third kappa shape index (κ3) is 5.55. The summed E-state index contributed by atoms with van der Waals surface area (Å²) in [7, 11) is 3.23. The number of hydrogen-bond donors (Lipinski definition) is 1. The van der Waals surface area contributed by atoms with Gasteiger partial charge in [0, 0.05) is 44.8 Å². The highest BCUT2D eigenvalue weighted by Crippen LogP contribution is 2.33. The Balaban J connectivity index is 1.57. The molecule has 10 nitrogen and oxygen atoms in total. The molecular weight excluding hydrogens is 466 g/mol. The van der Waals surface area contributed by atoms with Gasteiger partial charge >= 0.3 is 0 Å². The summed E-state index contributed by atoms with van der Waals surface area (Å²) < 4.78 is 22.0. The van der Waals surface area contributed by atoms with E-state index in [4.69, 9.17) is 25.8 Å². The van der Waals surface area contributed by atoms with Crippen molar-refractivity contribution in [1.82, 2.24) is 29.7 Å². The zero-order valence-corrected chi connectivity index (χ0v) is 20.2. The Hall–Kier alpha value is -2.47. The monoisotopic (exact) mass is 491 g/mol. The van der Waals surface area contributed by atoms with Crippen LogP contribution >= 0.6 is 23.5 Å². The Morgan fingerprint density at radius 3 is 2.64 bits per heavy atom. The van der Waals surface area contributed by atoms with Gasteiger partial charge in [-0.25, -0.2) is 15.0 Å². The Bertz CT molecular complexity index is 1050. The third-order valence-electron chi connectivity index (χ3n) is 5.32. The SMILES string of the molecule is COc1cccc(-c2nnc(NSC(C)C(OC)c3ncc(Cl)cn3)n2C2CCOCC2)n1. The van der Waals surface area contributed by atoms with E-state index in [0.29, 0.717) is 47.4 Å². The van der Waals surface area contributed by atoms with Gasteiger partial charge in [0.2, 0.25) is 11.8 Å². The average molecular weight is 492 g/mol. The van der Waals surface area contributed by atoms with Gasteiger partial charge in [0.1, 0.15) is 11.8 Å². The van der Waals surface area contributed by atoms with E-state index >= 15 is 0 Å². The summed E-state index contributed by atoms with van der Waals surface area (Å²) >= 11 is 7.39. The largest absolute Gasteiger partial charge is 0.481 e.